The first-order valence-electron chi connectivity index (χ1n) is 9.87. The Labute approximate surface area is 185 Å². The normalized spacial score (nSPS) is 15.0. The van der Waals surface area contributed by atoms with Gasteiger partial charge in [-0.25, -0.2) is 8.42 Å². The molecule has 31 heavy (non-hydrogen) atoms. The fraction of sp³-hybridized carbons (Fsp3) is 0.421. The van der Waals surface area contributed by atoms with E-state index in [-0.39, 0.29) is 29.4 Å². The molecule has 0 radical (unpaired) electrons. The number of nitro groups is 1. The standard InChI is InChI=1S/C19H25N5O5S2/c1-3-23(4-2)31(27,28)18-13-15(24(25)26)5-7-17(18)21-20-14-16-6-8-19(30-16)22-9-11-29-12-10-22/h5-8,13-14,21H,3-4,9-12H2,1-2H3/b20-14+. The van der Waals surface area contributed by atoms with E-state index in [9.17, 15) is 18.5 Å². The molecule has 168 valence electrons. The Kier molecular flexibility index (Phi) is 7.59. The zero-order chi connectivity index (χ0) is 22.4. The molecule has 2 heterocycles. The Hall–Kier alpha value is -2.54. The third-order valence-corrected chi connectivity index (χ3v) is 7.98. The summed E-state index contributed by atoms with van der Waals surface area (Å²) in [4.78, 5) is 13.5. The van der Waals surface area contributed by atoms with Crippen LogP contribution in [-0.4, -0.2) is 63.3 Å². The lowest BCUT2D eigenvalue weighted by Crippen LogP contribution is -2.35. The van der Waals surface area contributed by atoms with Crippen molar-refractivity contribution in [3.63, 3.8) is 0 Å². The van der Waals surface area contributed by atoms with Gasteiger partial charge in [0.1, 0.15) is 4.90 Å². The Morgan fingerprint density at radius 3 is 2.61 bits per heavy atom. The average Bonchev–Trinajstić information content (AvgIpc) is 3.24. The summed E-state index contributed by atoms with van der Waals surface area (Å²) < 4.78 is 32.6. The van der Waals surface area contributed by atoms with Crippen LogP contribution in [-0.2, 0) is 14.8 Å². The molecule has 1 aromatic heterocycles. The zero-order valence-electron chi connectivity index (χ0n) is 17.4. The van der Waals surface area contributed by atoms with Gasteiger partial charge in [-0.15, -0.1) is 11.3 Å². The highest BCUT2D eigenvalue weighted by Gasteiger charge is 2.27. The minimum atomic E-state index is -3.92. The third-order valence-electron chi connectivity index (χ3n) is 4.81. The number of hydrazone groups is 1. The number of rotatable bonds is 9. The van der Waals surface area contributed by atoms with E-state index < -0.39 is 14.9 Å². The van der Waals surface area contributed by atoms with Gasteiger partial charge >= 0.3 is 0 Å². The largest absolute Gasteiger partial charge is 0.378 e. The Bertz CT molecular complexity index is 1040. The number of benzene rings is 1. The van der Waals surface area contributed by atoms with Crippen molar-refractivity contribution in [2.75, 3.05) is 49.7 Å². The van der Waals surface area contributed by atoms with Crippen molar-refractivity contribution in [3.8, 4) is 0 Å². The van der Waals surface area contributed by atoms with Crippen molar-refractivity contribution in [1.82, 2.24) is 4.31 Å². The number of nitrogens with zero attached hydrogens (tertiary/aromatic N) is 4. The van der Waals surface area contributed by atoms with Crippen molar-refractivity contribution in [3.05, 3.63) is 45.3 Å². The third kappa shape index (κ3) is 5.39. The highest BCUT2D eigenvalue weighted by molar-refractivity contribution is 7.89. The maximum atomic E-state index is 13.0. The molecule has 0 aliphatic carbocycles. The van der Waals surface area contributed by atoms with Gasteiger partial charge in [-0.05, 0) is 18.2 Å². The number of hydrogen-bond acceptors (Lipinski definition) is 9. The molecule has 2 aromatic rings. The summed E-state index contributed by atoms with van der Waals surface area (Å²) in [5.74, 6) is 0. The van der Waals surface area contributed by atoms with Crippen LogP contribution in [0.3, 0.4) is 0 Å². The van der Waals surface area contributed by atoms with Gasteiger partial charge in [-0.1, -0.05) is 13.8 Å². The van der Waals surface area contributed by atoms with Gasteiger partial charge in [-0.3, -0.25) is 15.5 Å². The van der Waals surface area contributed by atoms with Crippen molar-refractivity contribution in [1.29, 1.82) is 0 Å². The number of sulfonamides is 1. The summed E-state index contributed by atoms with van der Waals surface area (Å²) in [7, 11) is -3.92. The summed E-state index contributed by atoms with van der Waals surface area (Å²) in [6.07, 6.45) is 1.60. The van der Waals surface area contributed by atoms with Gasteiger partial charge in [-0.2, -0.15) is 9.41 Å². The van der Waals surface area contributed by atoms with Crippen LogP contribution in [0.1, 0.15) is 18.7 Å². The first-order valence-corrected chi connectivity index (χ1v) is 12.1. The number of nitro benzene ring substituents is 1. The van der Waals surface area contributed by atoms with E-state index in [0.29, 0.717) is 13.2 Å². The van der Waals surface area contributed by atoms with Crippen LogP contribution >= 0.6 is 11.3 Å². The van der Waals surface area contributed by atoms with Crippen LogP contribution < -0.4 is 10.3 Å². The number of anilines is 2. The van der Waals surface area contributed by atoms with Gasteiger partial charge in [0.05, 0.1) is 35.0 Å². The quantitative estimate of drug-likeness (QED) is 0.342. The second-order valence-electron chi connectivity index (χ2n) is 6.67. The molecule has 0 bridgehead atoms. The predicted octanol–water partition coefficient (Wildman–Crippen LogP) is 2.97. The molecule has 0 saturated carbocycles. The van der Waals surface area contributed by atoms with Gasteiger partial charge in [0.15, 0.2) is 0 Å². The second kappa shape index (κ2) is 10.2. The van der Waals surface area contributed by atoms with E-state index in [4.69, 9.17) is 4.74 Å². The molecule has 0 spiro atoms. The zero-order valence-corrected chi connectivity index (χ0v) is 19.0. The van der Waals surface area contributed by atoms with Crippen molar-refractivity contribution >= 4 is 44.0 Å². The molecular weight excluding hydrogens is 442 g/mol. The van der Waals surface area contributed by atoms with Crippen LogP contribution in [0.4, 0.5) is 16.4 Å². The van der Waals surface area contributed by atoms with E-state index in [1.54, 1.807) is 31.4 Å². The number of nitrogens with one attached hydrogen (secondary N) is 1. The number of ether oxygens (including phenoxy) is 1. The maximum absolute atomic E-state index is 13.0. The van der Waals surface area contributed by atoms with Gasteiger partial charge in [0.25, 0.3) is 5.69 Å². The fourth-order valence-electron chi connectivity index (χ4n) is 3.16. The van der Waals surface area contributed by atoms with E-state index in [1.165, 1.54) is 16.4 Å². The van der Waals surface area contributed by atoms with Crippen molar-refractivity contribution < 1.29 is 18.1 Å². The number of non-ortho nitro benzene ring substituents is 1. The molecule has 1 fully saturated rings. The Morgan fingerprint density at radius 2 is 1.97 bits per heavy atom. The second-order valence-corrected chi connectivity index (χ2v) is 9.67. The molecule has 1 N–H and O–H groups in total. The van der Waals surface area contributed by atoms with Crippen LogP contribution in [0.5, 0.6) is 0 Å². The van der Waals surface area contributed by atoms with Gasteiger partial charge in [0, 0.05) is 43.2 Å². The molecule has 1 saturated heterocycles. The lowest BCUT2D eigenvalue weighted by atomic mass is 10.3. The van der Waals surface area contributed by atoms with E-state index in [0.717, 1.165) is 29.0 Å². The molecule has 0 atom stereocenters. The molecule has 1 aliphatic heterocycles. The Balaban J connectivity index is 1.82. The summed E-state index contributed by atoms with van der Waals surface area (Å²) in [6.45, 7) is 7.02. The van der Waals surface area contributed by atoms with Gasteiger partial charge in [0.2, 0.25) is 10.0 Å². The molecule has 1 aliphatic rings. The first-order chi connectivity index (χ1) is 14.9. The fourth-order valence-corrected chi connectivity index (χ4v) is 5.71. The summed E-state index contributed by atoms with van der Waals surface area (Å²) in [6, 6.07) is 7.62. The van der Waals surface area contributed by atoms with E-state index in [1.807, 2.05) is 12.1 Å². The minimum absolute atomic E-state index is 0.178. The van der Waals surface area contributed by atoms with Crippen LogP contribution in [0.2, 0.25) is 0 Å². The highest BCUT2D eigenvalue weighted by atomic mass is 32.2. The van der Waals surface area contributed by atoms with Crippen LogP contribution in [0.15, 0.2) is 40.3 Å². The minimum Gasteiger partial charge on any atom is -0.378 e. The topological polar surface area (TPSA) is 117 Å². The van der Waals surface area contributed by atoms with Crippen molar-refractivity contribution in [2.24, 2.45) is 5.10 Å². The molecule has 0 unspecified atom stereocenters. The predicted molar refractivity (Wildman–Crippen MR) is 122 cm³/mol. The van der Waals surface area contributed by atoms with E-state index >= 15 is 0 Å². The maximum Gasteiger partial charge on any atom is 0.270 e. The van der Waals surface area contributed by atoms with Gasteiger partial charge < -0.3 is 9.64 Å². The summed E-state index contributed by atoms with van der Waals surface area (Å²) in [5.41, 5.74) is 2.62. The number of hydrogen-bond donors (Lipinski definition) is 1. The molecular formula is C19H25N5O5S2. The van der Waals surface area contributed by atoms with Crippen LogP contribution in [0.25, 0.3) is 0 Å². The van der Waals surface area contributed by atoms with Crippen molar-refractivity contribution in [2.45, 2.75) is 18.7 Å². The summed E-state index contributed by atoms with van der Waals surface area (Å²) in [5, 5.41) is 16.5. The molecule has 1 aromatic carbocycles. The molecule has 10 nitrogen and oxygen atoms in total. The molecule has 0 amide bonds. The Morgan fingerprint density at radius 1 is 1.26 bits per heavy atom. The number of morpholine rings is 1. The monoisotopic (exact) mass is 467 g/mol. The summed E-state index contributed by atoms with van der Waals surface area (Å²) >= 11 is 1.57. The highest BCUT2D eigenvalue weighted by Crippen LogP contribution is 2.29. The molecule has 3 rings (SSSR count). The SMILES string of the molecule is CCN(CC)S(=O)(=O)c1cc([N+](=O)[O-])ccc1N/N=C/c1ccc(N2CCOCC2)s1. The average molecular weight is 468 g/mol. The van der Waals surface area contributed by atoms with Crippen LogP contribution in [0, 0.1) is 10.1 Å². The molecule has 12 heteroatoms. The first kappa shape index (κ1) is 23.1. The van der Waals surface area contributed by atoms with E-state index in [2.05, 4.69) is 15.4 Å². The lowest BCUT2D eigenvalue weighted by Gasteiger charge is -2.27. The lowest BCUT2D eigenvalue weighted by molar-refractivity contribution is -0.385. The number of thiophene rings is 1. The smallest absolute Gasteiger partial charge is 0.270 e.